The van der Waals surface area contributed by atoms with Crippen molar-refractivity contribution in [3.05, 3.63) is 43.0 Å². The molecular weight excluding hydrogens is 301 g/mol. The maximum atomic E-state index is 13.9. The summed E-state index contributed by atoms with van der Waals surface area (Å²) in [6.45, 7) is 3.30. The second-order valence-electron chi connectivity index (χ2n) is 4.73. The lowest BCUT2D eigenvalue weighted by Gasteiger charge is -2.05. The van der Waals surface area contributed by atoms with E-state index in [1.165, 1.54) is 23.1 Å². The van der Waals surface area contributed by atoms with Crippen molar-refractivity contribution < 1.29 is 13.9 Å². The molecule has 0 aliphatic heterocycles. The van der Waals surface area contributed by atoms with Gasteiger partial charge in [-0.05, 0) is 12.1 Å². The molecule has 3 aromatic rings. The minimum Gasteiger partial charge on any atom is -0.423 e. The molecule has 0 amide bonds. The average molecular weight is 313 g/mol. The van der Waals surface area contributed by atoms with Gasteiger partial charge in [-0.15, -0.1) is 0 Å². The molecule has 0 saturated heterocycles. The normalized spacial score (nSPS) is 10.7. The monoisotopic (exact) mass is 313 g/mol. The summed E-state index contributed by atoms with van der Waals surface area (Å²) in [6, 6.07) is 3.84. The van der Waals surface area contributed by atoms with E-state index < -0.39 is 11.8 Å². The van der Waals surface area contributed by atoms with E-state index >= 15 is 0 Å². The molecule has 23 heavy (non-hydrogen) atoms. The number of esters is 1. The lowest BCUT2D eigenvalue weighted by molar-refractivity contribution is -0.128. The molecule has 0 aliphatic carbocycles. The van der Waals surface area contributed by atoms with Gasteiger partial charge in [0.1, 0.15) is 29.4 Å². The molecule has 0 spiro atoms. The maximum Gasteiger partial charge on any atom is 0.335 e. The summed E-state index contributed by atoms with van der Waals surface area (Å²) in [7, 11) is 1.69. The van der Waals surface area contributed by atoms with Crippen LogP contribution in [0.1, 0.15) is 0 Å². The second kappa shape index (κ2) is 5.48. The Morgan fingerprint density at radius 2 is 2.17 bits per heavy atom. The van der Waals surface area contributed by atoms with Crippen molar-refractivity contribution in [2.45, 2.75) is 0 Å². The summed E-state index contributed by atoms with van der Waals surface area (Å²) in [5.41, 5.74) is 7.20. The van der Waals surface area contributed by atoms with Crippen LogP contribution < -0.4 is 10.5 Å². The van der Waals surface area contributed by atoms with Crippen molar-refractivity contribution in [3.8, 4) is 17.0 Å². The van der Waals surface area contributed by atoms with E-state index in [0.29, 0.717) is 22.3 Å². The number of aryl methyl sites for hydroxylation is 1. The first-order valence-corrected chi connectivity index (χ1v) is 6.58. The Balaban J connectivity index is 2.19. The molecule has 116 valence electrons. The lowest BCUT2D eigenvalue weighted by atomic mass is 10.1. The summed E-state index contributed by atoms with van der Waals surface area (Å²) >= 11 is 0. The number of hydrogen-bond acceptors (Lipinski definition) is 6. The number of carbonyl (C=O) groups is 1. The van der Waals surface area contributed by atoms with E-state index in [4.69, 9.17) is 10.5 Å². The van der Waals surface area contributed by atoms with E-state index in [0.717, 1.165) is 12.1 Å². The van der Waals surface area contributed by atoms with Crippen LogP contribution in [0.5, 0.6) is 5.75 Å². The standard InChI is InChI=1S/C15H12FN5O2/c1-3-11(22)23-10-5-8(4-9(16)6-10)13-12-14(17)18-7-19-15(12)21(2)20-13/h3-7H,1H2,2H3,(H2,17,18,19). The molecule has 0 saturated carbocycles. The summed E-state index contributed by atoms with van der Waals surface area (Å²) < 4.78 is 20.3. The third-order valence-corrected chi connectivity index (χ3v) is 3.18. The Hall–Kier alpha value is -3.29. The number of fused-ring (bicyclic) bond motifs is 1. The first-order chi connectivity index (χ1) is 11.0. The van der Waals surface area contributed by atoms with Gasteiger partial charge in [-0.3, -0.25) is 0 Å². The third-order valence-electron chi connectivity index (χ3n) is 3.18. The number of aromatic nitrogens is 4. The van der Waals surface area contributed by atoms with Crippen molar-refractivity contribution in [1.82, 2.24) is 19.7 Å². The number of nitrogen functional groups attached to an aromatic ring is 1. The predicted octanol–water partition coefficient (Wildman–Crippen LogP) is 1.84. The highest BCUT2D eigenvalue weighted by Gasteiger charge is 2.17. The number of nitrogens with zero attached hydrogens (tertiary/aromatic N) is 4. The van der Waals surface area contributed by atoms with Gasteiger partial charge in [0.25, 0.3) is 0 Å². The topological polar surface area (TPSA) is 95.9 Å². The molecule has 2 aromatic heterocycles. The Labute approximate surface area is 130 Å². The SMILES string of the molecule is C=CC(=O)Oc1cc(F)cc(-c2nn(C)c3ncnc(N)c23)c1. The summed E-state index contributed by atoms with van der Waals surface area (Å²) in [5, 5.41) is 4.81. The van der Waals surface area contributed by atoms with Gasteiger partial charge < -0.3 is 10.5 Å². The summed E-state index contributed by atoms with van der Waals surface area (Å²) in [6.07, 6.45) is 2.32. The van der Waals surface area contributed by atoms with Crippen LogP contribution in [0.3, 0.4) is 0 Å². The fourth-order valence-corrected chi connectivity index (χ4v) is 2.23. The lowest BCUT2D eigenvalue weighted by Crippen LogP contribution is -2.03. The first-order valence-electron chi connectivity index (χ1n) is 6.58. The molecular formula is C15H12FN5O2. The van der Waals surface area contributed by atoms with Crippen LogP contribution in [0.4, 0.5) is 10.2 Å². The molecule has 0 atom stereocenters. The van der Waals surface area contributed by atoms with E-state index in [9.17, 15) is 9.18 Å². The van der Waals surface area contributed by atoms with Gasteiger partial charge in [-0.2, -0.15) is 5.10 Å². The van der Waals surface area contributed by atoms with Crippen molar-refractivity contribution in [1.29, 1.82) is 0 Å². The van der Waals surface area contributed by atoms with Gasteiger partial charge in [0, 0.05) is 24.8 Å². The Morgan fingerprint density at radius 1 is 1.39 bits per heavy atom. The maximum absolute atomic E-state index is 13.9. The van der Waals surface area contributed by atoms with Crippen molar-refractivity contribution in [3.63, 3.8) is 0 Å². The molecule has 1 aromatic carbocycles. The Kier molecular flexibility index (Phi) is 3.49. The highest BCUT2D eigenvalue weighted by molar-refractivity contribution is 5.98. The van der Waals surface area contributed by atoms with Crippen LogP contribution in [0, 0.1) is 5.82 Å². The predicted molar refractivity (Wildman–Crippen MR) is 81.9 cm³/mol. The van der Waals surface area contributed by atoms with E-state index in [2.05, 4.69) is 21.6 Å². The van der Waals surface area contributed by atoms with E-state index in [1.54, 1.807) is 7.05 Å². The fourth-order valence-electron chi connectivity index (χ4n) is 2.23. The quantitative estimate of drug-likeness (QED) is 0.450. The van der Waals surface area contributed by atoms with Gasteiger partial charge in [0.15, 0.2) is 5.65 Å². The average Bonchev–Trinajstić information content (AvgIpc) is 2.85. The van der Waals surface area contributed by atoms with Crippen LogP contribution >= 0.6 is 0 Å². The van der Waals surface area contributed by atoms with E-state index in [-0.39, 0.29) is 11.6 Å². The van der Waals surface area contributed by atoms with E-state index in [1.807, 2.05) is 0 Å². The molecule has 0 aliphatic rings. The molecule has 8 heteroatoms. The summed E-state index contributed by atoms with van der Waals surface area (Å²) in [5.74, 6) is -0.995. The fraction of sp³-hybridized carbons (Fsp3) is 0.0667. The van der Waals surface area contributed by atoms with Gasteiger partial charge in [0.2, 0.25) is 0 Å². The number of ether oxygens (including phenoxy) is 1. The minimum absolute atomic E-state index is 0.0409. The highest BCUT2D eigenvalue weighted by atomic mass is 19.1. The largest absolute Gasteiger partial charge is 0.423 e. The van der Waals surface area contributed by atoms with Crippen molar-refractivity contribution in [2.24, 2.45) is 7.05 Å². The molecule has 0 fully saturated rings. The van der Waals surface area contributed by atoms with Gasteiger partial charge in [0.05, 0.1) is 5.39 Å². The Bertz CT molecular complexity index is 935. The van der Waals surface area contributed by atoms with Crippen LogP contribution in [-0.2, 0) is 11.8 Å². The van der Waals surface area contributed by atoms with Crippen LogP contribution in [-0.4, -0.2) is 25.7 Å². The number of carbonyl (C=O) groups excluding carboxylic acids is 1. The number of halogens is 1. The van der Waals surface area contributed by atoms with Gasteiger partial charge in [-0.1, -0.05) is 6.58 Å². The zero-order valence-corrected chi connectivity index (χ0v) is 12.2. The molecule has 2 N–H and O–H groups in total. The van der Waals surface area contributed by atoms with Gasteiger partial charge >= 0.3 is 5.97 Å². The first kappa shape index (κ1) is 14.6. The third kappa shape index (κ3) is 2.61. The van der Waals surface area contributed by atoms with Crippen molar-refractivity contribution >= 4 is 22.8 Å². The van der Waals surface area contributed by atoms with Crippen molar-refractivity contribution in [2.75, 3.05) is 5.73 Å². The number of hydrogen-bond donors (Lipinski definition) is 1. The minimum atomic E-state index is -0.685. The molecule has 0 unspecified atom stereocenters. The molecule has 0 radical (unpaired) electrons. The second-order valence-corrected chi connectivity index (χ2v) is 4.73. The smallest absolute Gasteiger partial charge is 0.335 e. The van der Waals surface area contributed by atoms with Crippen LogP contribution in [0.15, 0.2) is 37.2 Å². The number of benzene rings is 1. The number of nitrogens with two attached hydrogens (primary N) is 1. The van der Waals surface area contributed by atoms with Crippen LogP contribution in [0.2, 0.25) is 0 Å². The molecule has 3 rings (SSSR count). The summed E-state index contributed by atoms with van der Waals surface area (Å²) in [4.78, 5) is 19.3. The zero-order chi connectivity index (χ0) is 16.6. The van der Waals surface area contributed by atoms with Gasteiger partial charge in [-0.25, -0.2) is 23.8 Å². The molecule has 7 nitrogen and oxygen atoms in total. The number of anilines is 1. The van der Waals surface area contributed by atoms with Crippen LogP contribution in [0.25, 0.3) is 22.3 Å². The zero-order valence-electron chi connectivity index (χ0n) is 12.2. The molecule has 0 bridgehead atoms. The molecule has 2 heterocycles. The number of rotatable bonds is 3. The highest BCUT2D eigenvalue weighted by Crippen LogP contribution is 2.32. The Morgan fingerprint density at radius 3 is 2.91 bits per heavy atom.